The van der Waals surface area contributed by atoms with Gasteiger partial charge >= 0.3 is 11.6 Å². The number of carbonyl (C=O) groups excluding carboxylic acids is 1. The summed E-state index contributed by atoms with van der Waals surface area (Å²) >= 11 is 0. The molecule has 2 saturated carbocycles. The molecule has 0 amide bonds. The van der Waals surface area contributed by atoms with Crippen LogP contribution in [-0.4, -0.2) is 24.7 Å². The van der Waals surface area contributed by atoms with E-state index in [0.717, 1.165) is 42.8 Å². The van der Waals surface area contributed by atoms with E-state index in [2.05, 4.69) is 0 Å². The fourth-order valence-corrected chi connectivity index (χ4v) is 5.19. The molecule has 1 aliphatic heterocycles. The lowest BCUT2D eigenvalue weighted by molar-refractivity contribution is -0.152. The molecule has 5 rings (SSSR count). The van der Waals surface area contributed by atoms with Crippen molar-refractivity contribution in [2.75, 3.05) is 11.4 Å². The Kier molecular flexibility index (Phi) is 3.76. The number of esters is 1. The number of rotatable bonds is 3. The van der Waals surface area contributed by atoms with Crippen LogP contribution in [0.15, 0.2) is 39.5 Å². The molecule has 5 nitrogen and oxygen atoms in total. The van der Waals surface area contributed by atoms with Crippen molar-refractivity contribution in [2.45, 2.75) is 50.7 Å². The Labute approximate surface area is 151 Å². The fourth-order valence-electron chi connectivity index (χ4n) is 5.19. The Bertz CT molecular complexity index is 904. The summed E-state index contributed by atoms with van der Waals surface area (Å²) in [6.45, 7) is 0.754. The highest BCUT2D eigenvalue weighted by Gasteiger charge is 2.43. The number of ether oxygens (including phenoxy) is 1. The van der Waals surface area contributed by atoms with Gasteiger partial charge in [-0.15, -0.1) is 0 Å². The van der Waals surface area contributed by atoms with Gasteiger partial charge in [-0.1, -0.05) is 12.1 Å². The molecule has 26 heavy (non-hydrogen) atoms. The first kappa shape index (κ1) is 15.9. The van der Waals surface area contributed by atoms with Gasteiger partial charge in [0.1, 0.15) is 17.7 Å². The molecule has 2 bridgehead atoms. The van der Waals surface area contributed by atoms with Crippen molar-refractivity contribution in [3.63, 3.8) is 0 Å². The van der Waals surface area contributed by atoms with Gasteiger partial charge in [-0.05, 0) is 62.5 Å². The molecule has 0 radical (unpaired) electrons. The standard InChI is InChI=1S/C21H23NO4/c23-20-12-17(15-4-1-2-6-18(15)25-20)22-9-3-5-16(22)21(24)26-19-11-13-7-8-14(19)10-13/h1-2,4,6,12-14,16,19H,3,5,7-11H2/t13-,14+,16-,19-/m0/s1. The van der Waals surface area contributed by atoms with Gasteiger partial charge in [0.25, 0.3) is 0 Å². The average molecular weight is 353 g/mol. The lowest BCUT2D eigenvalue weighted by Gasteiger charge is -2.29. The molecule has 4 atom stereocenters. The monoisotopic (exact) mass is 353 g/mol. The van der Waals surface area contributed by atoms with Gasteiger partial charge < -0.3 is 14.1 Å². The molecule has 0 N–H and O–H groups in total. The van der Waals surface area contributed by atoms with E-state index in [1.807, 2.05) is 23.1 Å². The van der Waals surface area contributed by atoms with Gasteiger partial charge in [-0.2, -0.15) is 0 Å². The van der Waals surface area contributed by atoms with Crippen LogP contribution < -0.4 is 10.5 Å². The fraction of sp³-hybridized carbons (Fsp3) is 0.524. The van der Waals surface area contributed by atoms with Crippen molar-refractivity contribution in [1.29, 1.82) is 0 Å². The lowest BCUT2D eigenvalue weighted by atomic mass is 9.97. The van der Waals surface area contributed by atoms with E-state index in [-0.39, 0.29) is 23.7 Å². The van der Waals surface area contributed by atoms with Crippen molar-refractivity contribution < 1.29 is 13.9 Å². The Morgan fingerprint density at radius 2 is 2.04 bits per heavy atom. The second-order valence-corrected chi connectivity index (χ2v) is 7.95. The maximum Gasteiger partial charge on any atom is 0.338 e. The van der Waals surface area contributed by atoms with Crippen LogP contribution in [-0.2, 0) is 9.53 Å². The van der Waals surface area contributed by atoms with Crippen LogP contribution in [0.25, 0.3) is 11.0 Å². The van der Waals surface area contributed by atoms with Crippen molar-refractivity contribution in [1.82, 2.24) is 0 Å². The molecule has 136 valence electrons. The summed E-state index contributed by atoms with van der Waals surface area (Å²) in [6, 6.07) is 8.69. The minimum atomic E-state index is -0.383. The third-order valence-corrected chi connectivity index (χ3v) is 6.40. The molecule has 2 aromatic rings. The molecule has 1 aromatic heterocycles. The van der Waals surface area contributed by atoms with Crippen molar-refractivity contribution >= 4 is 22.6 Å². The van der Waals surface area contributed by atoms with Crippen LogP contribution in [0.3, 0.4) is 0 Å². The minimum Gasteiger partial charge on any atom is -0.461 e. The first-order valence-corrected chi connectivity index (χ1v) is 9.69. The van der Waals surface area contributed by atoms with E-state index >= 15 is 0 Å². The first-order chi connectivity index (χ1) is 12.7. The number of para-hydroxylation sites is 1. The number of benzene rings is 1. The average Bonchev–Trinajstić information content (AvgIpc) is 3.37. The highest BCUT2D eigenvalue weighted by atomic mass is 16.5. The quantitative estimate of drug-likeness (QED) is 0.624. The summed E-state index contributed by atoms with van der Waals surface area (Å²) in [4.78, 5) is 26.9. The summed E-state index contributed by atoms with van der Waals surface area (Å²) in [7, 11) is 0. The van der Waals surface area contributed by atoms with Crippen LogP contribution in [0, 0.1) is 11.8 Å². The van der Waals surface area contributed by atoms with Gasteiger partial charge in [-0.3, -0.25) is 0 Å². The van der Waals surface area contributed by atoms with Gasteiger partial charge in [0.2, 0.25) is 0 Å². The third-order valence-electron chi connectivity index (χ3n) is 6.40. The first-order valence-electron chi connectivity index (χ1n) is 9.69. The van der Waals surface area contributed by atoms with E-state index in [1.54, 1.807) is 6.07 Å². The molecule has 1 saturated heterocycles. The van der Waals surface area contributed by atoms with E-state index in [4.69, 9.17) is 9.15 Å². The predicted molar refractivity (Wildman–Crippen MR) is 98.2 cm³/mol. The molecule has 3 aliphatic rings. The number of carbonyl (C=O) groups is 1. The smallest absolute Gasteiger partial charge is 0.338 e. The second kappa shape index (κ2) is 6.15. The zero-order chi connectivity index (χ0) is 17.7. The Balaban J connectivity index is 1.42. The molecule has 3 fully saturated rings. The number of hydrogen-bond acceptors (Lipinski definition) is 5. The van der Waals surface area contributed by atoms with Crippen LogP contribution in [0.5, 0.6) is 0 Å². The molecule has 1 aromatic carbocycles. The van der Waals surface area contributed by atoms with E-state index in [9.17, 15) is 9.59 Å². The number of anilines is 1. The van der Waals surface area contributed by atoms with Gasteiger partial charge in [0.15, 0.2) is 0 Å². The summed E-state index contributed by atoms with van der Waals surface area (Å²) in [5, 5.41) is 0.867. The minimum absolute atomic E-state index is 0.0984. The van der Waals surface area contributed by atoms with Crippen LogP contribution in [0.4, 0.5) is 5.69 Å². The Morgan fingerprint density at radius 1 is 1.15 bits per heavy atom. The van der Waals surface area contributed by atoms with E-state index < -0.39 is 0 Å². The largest absolute Gasteiger partial charge is 0.461 e. The third kappa shape index (κ3) is 2.61. The van der Waals surface area contributed by atoms with E-state index in [1.165, 1.54) is 25.3 Å². The summed E-state index contributed by atoms with van der Waals surface area (Å²) in [5.41, 5.74) is 0.956. The predicted octanol–water partition coefficient (Wildman–Crippen LogP) is 3.49. The molecular formula is C21H23NO4. The summed E-state index contributed by atoms with van der Waals surface area (Å²) in [6.07, 6.45) is 6.53. The Morgan fingerprint density at radius 3 is 2.85 bits per heavy atom. The van der Waals surface area contributed by atoms with E-state index in [0.29, 0.717) is 11.5 Å². The maximum atomic E-state index is 12.9. The molecule has 0 unspecified atom stereocenters. The molecule has 5 heteroatoms. The highest BCUT2D eigenvalue weighted by molar-refractivity contribution is 5.93. The molecule has 2 heterocycles. The summed E-state index contributed by atoms with van der Waals surface area (Å²) in [5.74, 6) is 1.18. The van der Waals surface area contributed by atoms with Crippen molar-refractivity contribution in [2.24, 2.45) is 11.8 Å². The highest BCUT2D eigenvalue weighted by Crippen LogP contribution is 2.46. The number of hydrogen-bond donors (Lipinski definition) is 0. The number of nitrogens with zero attached hydrogens (tertiary/aromatic N) is 1. The van der Waals surface area contributed by atoms with Gasteiger partial charge in [0, 0.05) is 18.0 Å². The molecular weight excluding hydrogens is 330 g/mol. The molecule has 0 spiro atoms. The number of fused-ring (bicyclic) bond motifs is 3. The SMILES string of the molecule is O=C(O[C@H]1C[C@H]2CC[C@@H]1C2)[C@@H]1CCCN1c1cc(=O)oc2ccccc12. The van der Waals surface area contributed by atoms with Crippen LogP contribution in [0.1, 0.15) is 38.5 Å². The van der Waals surface area contributed by atoms with Crippen molar-refractivity contribution in [3.05, 3.63) is 40.8 Å². The van der Waals surface area contributed by atoms with Crippen LogP contribution >= 0.6 is 0 Å². The zero-order valence-corrected chi connectivity index (χ0v) is 14.7. The zero-order valence-electron chi connectivity index (χ0n) is 14.7. The lowest BCUT2D eigenvalue weighted by Crippen LogP contribution is -2.40. The maximum absolute atomic E-state index is 12.9. The molecule has 2 aliphatic carbocycles. The second-order valence-electron chi connectivity index (χ2n) is 7.95. The topological polar surface area (TPSA) is 59.8 Å². The van der Waals surface area contributed by atoms with Gasteiger partial charge in [-0.25, -0.2) is 9.59 Å². The van der Waals surface area contributed by atoms with Crippen LogP contribution in [0.2, 0.25) is 0 Å². The normalized spacial score (nSPS) is 30.2. The van der Waals surface area contributed by atoms with Gasteiger partial charge in [0.05, 0.1) is 5.69 Å². The summed E-state index contributed by atoms with van der Waals surface area (Å²) < 4.78 is 11.2. The van der Waals surface area contributed by atoms with Crippen molar-refractivity contribution in [3.8, 4) is 0 Å². The Hall–Kier alpha value is -2.30.